The number of nitrogens with zero attached hydrogens (tertiary/aromatic N) is 2. The second-order valence-corrected chi connectivity index (χ2v) is 10.9. The predicted octanol–water partition coefficient (Wildman–Crippen LogP) is 4.48. The van der Waals surface area contributed by atoms with Crippen LogP contribution < -0.4 is 10.2 Å². The normalized spacial score (nSPS) is 21.2. The van der Waals surface area contributed by atoms with Gasteiger partial charge in [0.25, 0.3) is 0 Å². The highest BCUT2D eigenvalue weighted by molar-refractivity contribution is 6.31. The van der Waals surface area contributed by atoms with Gasteiger partial charge in [0, 0.05) is 49.2 Å². The second kappa shape index (κ2) is 8.58. The average molecular weight is 482 g/mol. The van der Waals surface area contributed by atoms with Gasteiger partial charge in [-0.15, -0.1) is 0 Å². The Morgan fingerprint density at radius 1 is 1.15 bits per heavy atom. The van der Waals surface area contributed by atoms with E-state index in [2.05, 4.69) is 29.6 Å². The molecule has 1 N–H and O–H groups in total. The molecule has 6 nitrogen and oxygen atoms in total. The molecule has 2 aromatic rings. The van der Waals surface area contributed by atoms with E-state index in [0.29, 0.717) is 24.0 Å². The molecule has 2 fully saturated rings. The zero-order valence-corrected chi connectivity index (χ0v) is 20.8. The third-order valence-corrected chi connectivity index (χ3v) is 8.19. The summed E-state index contributed by atoms with van der Waals surface area (Å²) < 4.78 is 5.52. The van der Waals surface area contributed by atoms with E-state index in [9.17, 15) is 9.59 Å². The molecule has 5 rings (SSSR count). The lowest BCUT2D eigenvalue weighted by Gasteiger charge is -2.50. The van der Waals surface area contributed by atoms with Gasteiger partial charge in [-0.25, -0.2) is 0 Å². The number of fused-ring (bicyclic) bond motifs is 1. The molecule has 0 aliphatic carbocycles. The summed E-state index contributed by atoms with van der Waals surface area (Å²) in [5.74, 6) is 0.603. The van der Waals surface area contributed by atoms with Crippen LogP contribution in [-0.4, -0.2) is 50.1 Å². The standard InChI is InChI=1S/C27H32ClN3O3/c1-18-21(5-4-6-23(18)28)27(15-30(16-27)17-32)29-20-7-8-22-24(13-20)31(25(33)26(22,2)3)14-19-9-11-34-12-10-19/h4-8,13,17,19,29H,9-12,14-16H2,1-3H3. The zero-order valence-electron chi connectivity index (χ0n) is 20.1. The van der Waals surface area contributed by atoms with E-state index in [0.717, 1.165) is 67.1 Å². The maximum absolute atomic E-state index is 13.4. The third kappa shape index (κ3) is 3.77. The smallest absolute Gasteiger partial charge is 0.237 e. The Morgan fingerprint density at radius 3 is 2.59 bits per heavy atom. The molecular weight excluding hydrogens is 450 g/mol. The van der Waals surface area contributed by atoms with E-state index < -0.39 is 11.0 Å². The molecule has 0 bridgehead atoms. The van der Waals surface area contributed by atoms with Crippen LogP contribution >= 0.6 is 11.6 Å². The minimum Gasteiger partial charge on any atom is -0.381 e. The van der Waals surface area contributed by atoms with Gasteiger partial charge in [-0.1, -0.05) is 29.8 Å². The SMILES string of the molecule is Cc1c(Cl)cccc1C1(Nc2ccc3c(c2)N(CC2CCOCC2)C(=O)C3(C)C)CN(C=O)C1. The Kier molecular flexibility index (Phi) is 5.85. The molecule has 3 aliphatic heterocycles. The van der Waals surface area contributed by atoms with Crippen LogP contribution in [0.25, 0.3) is 0 Å². The van der Waals surface area contributed by atoms with Crippen LogP contribution in [-0.2, 0) is 25.3 Å². The summed E-state index contributed by atoms with van der Waals surface area (Å²) in [5, 5.41) is 4.43. The summed E-state index contributed by atoms with van der Waals surface area (Å²) in [4.78, 5) is 28.6. The lowest BCUT2D eigenvalue weighted by Crippen LogP contribution is -2.63. The summed E-state index contributed by atoms with van der Waals surface area (Å²) in [6.07, 6.45) is 2.85. The van der Waals surface area contributed by atoms with Gasteiger partial charge in [0.1, 0.15) is 0 Å². The van der Waals surface area contributed by atoms with Crippen molar-refractivity contribution in [3.8, 4) is 0 Å². The number of nitrogens with one attached hydrogen (secondary N) is 1. The minimum absolute atomic E-state index is 0.155. The number of carbonyl (C=O) groups excluding carboxylic acids is 2. The molecule has 0 atom stereocenters. The first-order chi connectivity index (χ1) is 16.2. The van der Waals surface area contributed by atoms with Crippen molar-refractivity contribution in [2.45, 2.75) is 44.6 Å². The van der Waals surface area contributed by atoms with E-state index >= 15 is 0 Å². The first-order valence-electron chi connectivity index (χ1n) is 12.0. The van der Waals surface area contributed by atoms with E-state index in [1.807, 2.05) is 37.8 Å². The lowest BCUT2D eigenvalue weighted by molar-refractivity contribution is -0.124. The van der Waals surface area contributed by atoms with Gasteiger partial charge in [0.2, 0.25) is 12.3 Å². The molecular formula is C27H32ClN3O3. The molecule has 2 aromatic carbocycles. The fraction of sp³-hybridized carbons (Fsp3) is 0.481. The molecule has 3 heterocycles. The number of benzene rings is 2. The molecule has 0 saturated carbocycles. The van der Waals surface area contributed by atoms with Gasteiger partial charge >= 0.3 is 0 Å². The Morgan fingerprint density at radius 2 is 1.88 bits per heavy atom. The number of hydrogen-bond acceptors (Lipinski definition) is 4. The van der Waals surface area contributed by atoms with Crippen LogP contribution in [0.2, 0.25) is 5.02 Å². The van der Waals surface area contributed by atoms with Crippen molar-refractivity contribution in [1.29, 1.82) is 0 Å². The number of anilines is 2. The van der Waals surface area contributed by atoms with Gasteiger partial charge in [-0.3, -0.25) is 9.59 Å². The molecule has 34 heavy (non-hydrogen) atoms. The number of ether oxygens (including phenoxy) is 1. The van der Waals surface area contributed by atoms with Crippen LogP contribution in [0.3, 0.4) is 0 Å². The van der Waals surface area contributed by atoms with Crippen LogP contribution in [0.1, 0.15) is 43.4 Å². The van der Waals surface area contributed by atoms with E-state index in [-0.39, 0.29) is 5.91 Å². The number of carbonyl (C=O) groups is 2. The van der Waals surface area contributed by atoms with Gasteiger partial charge < -0.3 is 19.9 Å². The number of rotatable bonds is 6. The van der Waals surface area contributed by atoms with Crippen molar-refractivity contribution in [2.24, 2.45) is 5.92 Å². The highest BCUT2D eigenvalue weighted by atomic mass is 35.5. The summed E-state index contributed by atoms with van der Waals surface area (Å²) in [7, 11) is 0. The van der Waals surface area contributed by atoms with Gasteiger partial charge in [-0.2, -0.15) is 0 Å². The molecule has 0 radical (unpaired) electrons. The second-order valence-electron chi connectivity index (χ2n) is 10.5. The summed E-state index contributed by atoms with van der Waals surface area (Å²) in [5.41, 5.74) is 4.11. The van der Waals surface area contributed by atoms with Gasteiger partial charge in [0.05, 0.1) is 11.0 Å². The van der Waals surface area contributed by atoms with Crippen LogP contribution in [0, 0.1) is 12.8 Å². The summed E-state index contributed by atoms with van der Waals surface area (Å²) in [6, 6.07) is 12.2. The van der Waals surface area contributed by atoms with Crippen LogP contribution in [0.4, 0.5) is 11.4 Å². The highest BCUT2D eigenvalue weighted by Gasteiger charge is 2.47. The molecule has 180 valence electrons. The molecule has 0 aromatic heterocycles. The minimum atomic E-state index is -0.551. The predicted molar refractivity (Wildman–Crippen MR) is 134 cm³/mol. The number of likely N-dealkylation sites (tertiary alicyclic amines) is 1. The monoisotopic (exact) mass is 481 g/mol. The number of amides is 2. The fourth-order valence-electron chi connectivity index (χ4n) is 5.73. The van der Waals surface area contributed by atoms with Crippen molar-refractivity contribution >= 4 is 35.3 Å². The molecule has 0 unspecified atom stereocenters. The Hall–Kier alpha value is -2.57. The van der Waals surface area contributed by atoms with E-state index in [1.54, 1.807) is 4.90 Å². The third-order valence-electron chi connectivity index (χ3n) is 7.79. The molecule has 7 heteroatoms. The molecule has 0 spiro atoms. The summed E-state index contributed by atoms with van der Waals surface area (Å²) in [6.45, 7) is 9.41. The first-order valence-corrected chi connectivity index (χ1v) is 12.4. The van der Waals surface area contributed by atoms with Crippen LogP contribution in [0.5, 0.6) is 0 Å². The van der Waals surface area contributed by atoms with Gasteiger partial charge in [0.15, 0.2) is 0 Å². The van der Waals surface area contributed by atoms with Crippen molar-refractivity contribution < 1.29 is 14.3 Å². The van der Waals surface area contributed by atoms with Crippen LogP contribution in [0.15, 0.2) is 36.4 Å². The van der Waals surface area contributed by atoms with E-state index in [4.69, 9.17) is 16.3 Å². The zero-order chi connectivity index (χ0) is 24.1. The number of halogens is 1. The van der Waals surface area contributed by atoms with Crippen molar-refractivity contribution in [3.63, 3.8) is 0 Å². The first kappa shape index (κ1) is 23.2. The summed E-state index contributed by atoms with van der Waals surface area (Å²) >= 11 is 6.45. The highest BCUT2D eigenvalue weighted by Crippen LogP contribution is 2.45. The molecule has 2 amide bonds. The Balaban J connectivity index is 1.48. The largest absolute Gasteiger partial charge is 0.381 e. The quantitative estimate of drug-likeness (QED) is 0.618. The average Bonchev–Trinajstić information content (AvgIpc) is 2.99. The Labute approximate surface area is 206 Å². The maximum atomic E-state index is 13.4. The maximum Gasteiger partial charge on any atom is 0.237 e. The van der Waals surface area contributed by atoms with Crippen molar-refractivity contribution in [2.75, 3.05) is 43.1 Å². The van der Waals surface area contributed by atoms with E-state index in [1.165, 1.54) is 0 Å². The molecule has 2 saturated heterocycles. The van der Waals surface area contributed by atoms with Crippen molar-refractivity contribution in [3.05, 3.63) is 58.1 Å². The topological polar surface area (TPSA) is 61.9 Å². The fourth-order valence-corrected chi connectivity index (χ4v) is 5.91. The Bertz CT molecular complexity index is 1120. The molecule has 3 aliphatic rings. The van der Waals surface area contributed by atoms with Crippen molar-refractivity contribution in [1.82, 2.24) is 4.90 Å². The lowest BCUT2D eigenvalue weighted by atomic mass is 9.80. The number of hydrogen-bond donors (Lipinski definition) is 1. The van der Waals surface area contributed by atoms with Gasteiger partial charge in [-0.05, 0) is 74.4 Å².